The zero-order valence-electron chi connectivity index (χ0n) is 12.9. The van der Waals surface area contributed by atoms with E-state index in [1.54, 1.807) is 6.07 Å². The van der Waals surface area contributed by atoms with Crippen molar-refractivity contribution in [3.8, 4) is 5.75 Å². The number of ether oxygens (including phenoxy) is 2. The number of nitrogens with zero attached hydrogens (tertiary/aromatic N) is 1. The lowest BCUT2D eigenvalue weighted by Gasteiger charge is -2.26. The van der Waals surface area contributed by atoms with Crippen LogP contribution >= 0.6 is 11.6 Å². The second-order valence-electron chi connectivity index (χ2n) is 5.38. The summed E-state index contributed by atoms with van der Waals surface area (Å²) in [7, 11) is 0. The van der Waals surface area contributed by atoms with E-state index in [2.05, 4.69) is 10.2 Å². The van der Waals surface area contributed by atoms with Gasteiger partial charge in [0.1, 0.15) is 5.75 Å². The van der Waals surface area contributed by atoms with Gasteiger partial charge in [0, 0.05) is 19.6 Å². The molecule has 1 aliphatic rings. The summed E-state index contributed by atoms with van der Waals surface area (Å²) >= 11 is 6.02. The first kappa shape index (κ1) is 17.1. The monoisotopic (exact) mass is 326 g/mol. The molecule has 1 aromatic rings. The van der Waals surface area contributed by atoms with E-state index in [1.165, 1.54) is 0 Å². The van der Waals surface area contributed by atoms with Crippen LogP contribution in [0.1, 0.15) is 12.0 Å². The average molecular weight is 327 g/mol. The minimum Gasteiger partial charge on any atom is -0.482 e. The summed E-state index contributed by atoms with van der Waals surface area (Å²) in [5.74, 6) is 0.421. The fourth-order valence-corrected chi connectivity index (χ4v) is 2.44. The van der Waals surface area contributed by atoms with E-state index < -0.39 is 0 Å². The van der Waals surface area contributed by atoms with Gasteiger partial charge in [-0.1, -0.05) is 17.7 Å². The maximum absolute atomic E-state index is 11.8. The lowest BCUT2D eigenvalue weighted by Crippen LogP contribution is -2.38. The Balaban J connectivity index is 1.60. The number of hydrogen-bond donors (Lipinski definition) is 1. The molecule has 0 aromatic heterocycles. The molecule has 1 amide bonds. The zero-order chi connectivity index (χ0) is 15.8. The molecule has 1 saturated heterocycles. The summed E-state index contributed by atoms with van der Waals surface area (Å²) < 4.78 is 10.8. The highest BCUT2D eigenvalue weighted by Crippen LogP contribution is 2.24. The van der Waals surface area contributed by atoms with Crippen LogP contribution in [0.3, 0.4) is 0 Å². The number of carbonyl (C=O) groups excluding carboxylic acids is 1. The maximum Gasteiger partial charge on any atom is 0.257 e. The number of halogens is 1. The topological polar surface area (TPSA) is 50.8 Å². The van der Waals surface area contributed by atoms with Crippen molar-refractivity contribution in [1.29, 1.82) is 0 Å². The zero-order valence-corrected chi connectivity index (χ0v) is 13.7. The van der Waals surface area contributed by atoms with Crippen LogP contribution in [-0.2, 0) is 9.53 Å². The normalized spacial score (nSPS) is 15.5. The van der Waals surface area contributed by atoms with Crippen molar-refractivity contribution in [1.82, 2.24) is 10.2 Å². The number of rotatable bonds is 7. The van der Waals surface area contributed by atoms with Crippen LogP contribution in [0.5, 0.6) is 5.75 Å². The predicted molar refractivity (Wildman–Crippen MR) is 86.6 cm³/mol. The summed E-state index contributed by atoms with van der Waals surface area (Å²) in [6.07, 6.45) is 0.928. The highest BCUT2D eigenvalue weighted by Gasteiger charge is 2.10. The van der Waals surface area contributed by atoms with E-state index >= 15 is 0 Å². The van der Waals surface area contributed by atoms with Gasteiger partial charge in [-0.15, -0.1) is 0 Å². The Labute approximate surface area is 136 Å². The summed E-state index contributed by atoms with van der Waals surface area (Å²) in [5, 5.41) is 3.38. The first-order valence-electron chi connectivity index (χ1n) is 7.61. The van der Waals surface area contributed by atoms with E-state index in [9.17, 15) is 4.79 Å². The molecule has 0 unspecified atom stereocenters. The minimum absolute atomic E-state index is 0.0132. The Morgan fingerprint density at radius 2 is 2.18 bits per heavy atom. The summed E-state index contributed by atoms with van der Waals surface area (Å²) in [6.45, 7) is 7.13. The Kier molecular flexibility index (Phi) is 6.96. The van der Waals surface area contributed by atoms with Gasteiger partial charge >= 0.3 is 0 Å². The number of hydrogen-bond acceptors (Lipinski definition) is 4. The smallest absolute Gasteiger partial charge is 0.257 e. The number of nitrogens with one attached hydrogen (secondary N) is 1. The van der Waals surface area contributed by atoms with Crippen LogP contribution in [0, 0.1) is 6.92 Å². The van der Waals surface area contributed by atoms with Crippen molar-refractivity contribution < 1.29 is 14.3 Å². The molecule has 0 bridgehead atoms. The van der Waals surface area contributed by atoms with E-state index in [1.807, 2.05) is 19.1 Å². The Bertz CT molecular complexity index is 490. The third-order valence-electron chi connectivity index (χ3n) is 3.52. The molecule has 5 nitrogen and oxygen atoms in total. The van der Waals surface area contributed by atoms with Gasteiger partial charge < -0.3 is 14.8 Å². The van der Waals surface area contributed by atoms with Gasteiger partial charge in [-0.2, -0.15) is 0 Å². The van der Waals surface area contributed by atoms with Crippen molar-refractivity contribution in [3.05, 3.63) is 28.8 Å². The second-order valence-corrected chi connectivity index (χ2v) is 5.79. The fourth-order valence-electron chi connectivity index (χ4n) is 2.27. The molecule has 122 valence electrons. The molecule has 0 aliphatic carbocycles. The van der Waals surface area contributed by atoms with Gasteiger partial charge in [0.05, 0.1) is 18.2 Å². The third-order valence-corrected chi connectivity index (χ3v) is 3.83. The molecule has 1 aliphatic heterocycles. The molecular weight excluding hydrogens is 304 g/mol. The van der Waals surface area contributed by atoms with Crippen LogP contribution < -0.4 is 10.1 Å². The third kappa shape index (κ3) is 5.83. The Morgan fingerprint density at radius 3 is 2.95 bits per heavy atom. The predicted octanol–water partition coefficient (Wildman–Crippen LogP) is 1.87. The molecule has 0 saturated carbocycles. The lowest BCUT2D eigenvalue weighted by molar-refractivity contribution is -0.123. The highest BCUT2D eigenvalue weighted by molar-refractivity contribution is 6.32. The van der Waals surface area contributed by atoms with Gasteiger partial charge in [0.25, 0.3) is 5.91 Å². The standard InChI is InChI=1S/C16H23ClN2O3/c1-13-3-4-14(17)15(11-13)22-12-16(20)18-5-2-6-19-7-9-21-10-8-19/h3-4,11H,2,5-10,12H2,1H3,(H,18,20). The largest absolute Gasteiger partial charge is 0.482 e. The van der Waals surface area contributed by atoms with Crippen LogP contribution in [0.15, 0.2) is 18.2 Å². The van der Waals surface area contributed by atoms with E-state index in [-0.39, 0.29) is 12.5 Å². The van der Waals surface area contributed by atoms with Crippen LogP contribution in [-0.4, -0.2) is 56.8 Å². The van der Waals surface area contributed by atoms with Gasteiger partial charge in [-0.3, -0.25) is 9.69 Å². The Hall–Kier alpha value is -1.30. The van der Waals surface area contributed by atoms with Crippen LogP contribution in [0.4, 0.5) is 0 Å². The molecule has 0 radical (unpaired) electrons. The SMILES string of the molecule is Cc1ccc(Cl)c(OCC(=O)NCCCN2CCOCC2)c1. The first-order chi connectivity index (χ1) is 10.6. The van der Waals surface area contributed by atoms with E-state index in [0.29, 0.717) is 17.3 Å². The molecular formula is C16H23ClN2O3. The van der Waals surface area contributed by atoms with Crippen LogP contribution in [0.2, 0.25) is 5.02 Å². The molecule has 0 spiro atoms. The van der Waals surface area contributed by atoms with Gasteiger partial charge in [0.15, 0.2) is 6.61 Å². The van der Waals surface area contributed by atoms with Crippen molar-refractivity contribution in [2.45, 2.75) is 13.3 Å². The summed E-state index contributed by atoms with van der Waals surface area (Å²) in [4.78, 5) is 14.1. The van der Waals surface area contributed by atoms with Crippen molar-refractivity contribution >= 4 is 17.5 Å². The minimum atomic E-state index is -0.125. The number of carbonyl (C=O) groups is 1. The Morgan fingerprint density at radius 1 is 1.41 bits per heavy atom. The van der Waals surface area contributed by atoms with Crippen molar-refractivity contribution in [2.75, 3.05) is 46.0 Å². The quantitative estimate of drug-likeness (QED) is 0.777. The number of benzene rings is 1. The van der Waals surface area contributed by atoms with Gasteiger partial charge in [-0.05, 0) is 37.6 Å². The van der Waals surface area contributed by atoms with Gasteiger partial charge in [-0.25, -0.2) is 0 Å². The highest BCUT2D eigenvalue weighted by atomic mass is 35.5. The lowest BCUT2D eigenvalue weighted by atomic mass is 10.2. The number of morpholine rings is 1. The van der Waals surface area contributed by atoms with E-state index in [4.69, 9.17) is 21.1 Å². The molecule has 1 heterocycles. The molecule has 0 atom stereocenters. The second kappa shape index (κ2) is 8.98. The fraction of sp³-hybridized carbons (Fsp3) is 0.562. The molecule has 2 rings (SSSR count). The number of aryl methyl sites for hydroxylation is 1. The summed E-state index contributed by atoms with van der Waals surface area (Å²) in [5.41, 5.74) is 1.05. The average Bonchev–Trinajstić information content (AvgIpc) is 2.53. The molecule has 6 heteroatoms. The molecule has 1 aromatic carbocycles. The maximum atomic E-state index is 11.8. The number of amides is 1. The molecule has 1 N–H and O–H groups in total. The van der Waals surface area contributed by atoms with Crippen LogP contribution in [0.25, 0.3) is 0 Å². The van der Waals surface area contributed by atoms with E-state index in [0.717, 1.165) is 44.8 Å². The summed E-state index contributed by atoms with van der Waals surface area (Å²) in [6, 6.07) is 5.50. The van der Waals surface area contributed by atoms with Crippen molar-refractivity contribution in [2.24, 2.45) is 0 Å². The molecule has 1 fully saturated rings. The van der Waals surface area contributed by atoms with Crippen molar-refractivity contribution in [3.63, 3.8) is 0 Å². The molecule has 22 heavy (non-hydrogen) atoms. The first-order valence-corrected chi connectivity index (χ1v) is 7.99. The van der Waals surface area contributed by atoms with Gasteiger partial charge in [0.2, 0.25) is 0 Å².